The fourth-order valence-corrected chi connectivity index (χ4v) is 2.26. The van der Waals surface area contributed by atoms with Crippen LogP contribution in [-0.2, 0) is 14.4 Å². The second kappa shape index (κ2) is 10.2. The van der Waals surface area contributed by atoms with E-state index in [2.05, 4.69) is 10.6 Å². The number of benzene rings is 1. The summed E-state index contributed by atoms with van der Waals surface area (Å²) in [6.45, 7) is 1.64. The lowest BCUT2D eigenvalue weighted by Gasteiger charge is -2.20. The number of carboxylic acids is 1. The van der Waals surface area contributed by atoms with Crippen LogP contribution in [0.1, 0.15) is 37.8 Å². The maximum absolute atomic E-state index is 12.1. The van der Waals surface area contributed by atoms with E-state index in [1.807, 2.05) is 6.92 Å². The van der Waals surface area contributed by atoms with Crippen molar-refractivity contribution in [2.45, 2.75) is 32.2 Å². The summed E-state index contributed by atoms with van der Waals surface area (Å²) in [4.78, 5) is 34.6. The van der Waals surface area contributed by atoms with Gasteiger partial charge in [-0.3, -0.25) is 14.4 Å². The highest BCUT2D eigenvalue weighted by molar-refractivity contribution is 5.85. The molecule has 0 spiro atoms. The van der Waals surface area contributed by atoms with E-state index in [-0.39, 0.29) is 18.9 Å². The summed E-state index contributed by atoms with van der Waals surface area (Å²) in [6.07, 6.45) is 0.688. The SMILES string of the molecule is CCCC(=O)NCC(=O)NC(CC(=O)O)c1ccc(OC)cc1OC. The molecular weight excluding hydrogens is 328 g/mol. The number of hydrogen-bond donors (Lipinski definition) is 3. The Morgan fingerprint density at radius 2 is 1.88 bits per heavy atom. The fraction of sp³-hybridized carbons (Fsp3) is 0.471. The number of rotatable bonds is 10. The first-order valence-electron chi connectivity index (χ1n) is 7.91. The van der Waals surface area contributed by atoms with Crippen molar-refractivity contribution in [3.8, 4) is 11.5 Å². The van der Waals surface area contributed by atoms with Gasteiger partial charge in [0.15, 0.2) is 0 Å². The van der Waals surface area contributed by atoms with Gasteiger partial charge in [0.25, 0.3) is 0 Å². The van der Waals surface area contributed by atoms with E-state index in [1.54, 1.807) is 18.2 Å². The van der Waals surface area contributed by atoms with Gasteiger partial charge < -0.3 is 25.2 Å². The molecule has 0 radical (unpaired) electrons. The van der Waals surface area contributed by atoms with Gasteiger partial charge in [-0.2, -0.15) is 0 Å². The van der Waals surface area contributed by atoms with Gasteiger partial charge >= 0.3 is 5.97 Å². The van der Waals surface area contributed by atoms with Crippen LogP contribution in [0.5, 0.6) is 11.5 Å². The molecule has 3 N–H and O–H groups in total. The number of nitrogens with one attached hydrogen (secondary N) is 2. The van der Waals surface area contributed by atoms with Crippen LogP contribution in [0.3, 0.4) is 0 Å². The van der Waals surface area contributed by atoms with Crippen molar-refractivity contribution < 1.29 is 29.0 Å². The molecule has 0 bridgehead atoms. The van der Waals surface area contributed by atoms with Crippen molar-refractivity contribution in [2.75, 3.05) is 20.8 Å². The molecule has 1 rings (SSSR count). The second-order valence-corrected chi connectivity index (χ2v) is 5.35. The van der Waals surface area contributed by atoms with Gasteiger partial charge in [-0.05, 0) is 18.6 Å². The lowest BCUT2D eigenvalue weighted by atomic mass is 10.0. The van der Waals surface area contributed by atoms with Crippen LogP contribution < -0.4 is 20.1 Å². The summed E-state index contributed by atoms with van der Waals surface area (Å²) >= 11 is 0. The van der Waals surface area contributed by atoms with E-state index in [9.17, 15) is 14.4 Å². The fourth-order valence-electron chi connectivity index (χ4n) is 2.26. The monoisotopic (exact) mass is 352 g/mol. The molecule has 0 fully saturated rings. The molecule has 1 aromatic carbocycles. The van der Waals surface area contributed by atoms with Crippen molar-refractivity contribution >= 4 is 17.8 Å². The lowest BCUT2D eigenvalue weighted by Crippen LogP contribution is -2.39. The molecule has 0 saturated heterocycles. The summed E-state index contributed by atoms with van der Waals surface area (Å²) in [5.41, 5.74) is 0.513. The zero-order valence-electron chi connectivity index (χ0n) is 14.6. The Hall–Kier alpha value is -2.77. The van der Waals surface area contributed by atoms with Crippen LogP contribution >= 0.6 is 0 Å². The van der Waals surface area contributed by atoms with Gasteiger partial charge in [0, 0.05) is 18.1 Å². The van der Waals surface area contributed by atoms with Gasteiger partial charge in [-0.15, -0.1) is 0 Å². The summed E-state index contributed by atoms with van der Waals surface area (Å²) in [5.74, 6) is -0.824. The Bertz CT molecular complexity index is 617. The molecule has 8 nitrogen and oxygen atoms in total. The summed E-state index contributed by atoms with van der Waals surface area (Å²) < 4.78 is 10.4. The van der Waals surface area contributed by atoms with E-state index in [4.69, 9.17) is 14.6 Å². The first-order valence-corrected chi connectivity index (χ1v) is 7.91. The van der Waals surface area contributed by atoms with E-state index in [0.717, 1.165) is 0 Å². The smallest absolute Gasteiger partial charge is 0.305 e. The molecule has 0 aromatic heterocycles. The van der Waals surface area contributed by atoms with E-state index in [0.29, 0.717) is 29.9 Å². The Kier molecular flexibility index (Phi) is 8.25. The molecule has 138 valence electrons. The largest absolute Gasteiger partial charge is 0.497 e. The molecule has 8 heteroatoms. The lowest BCUT2D eigenvalue weighted by molar-refractivity contribution is -0.138. The minimum absolute atomic E-state index is 0.215. The zero-order valence-corrected chi connectivity index (χ0v) is 14.6. The van der Waals surface area contributed by atoms with E-state index < -0.39 is 17.9 Å². The predicted octanol–water partition coefficient (Wildman–Crippen LogP) is 1.25. The first kappa shape index (κ1) is 20.3. The summed E-state index contributed by atoms with van der Waals surface area (Å²) in [6, 6.07) is 4.11. The van der Waals surface area contributed by atoms with Gasteiger partial charge in [-0.25, -0.2) is 0 Å². The average molecular weight is 352 g/mol. The van der Waals surface area contributed by atoms with E-state index in [1.165, 1.54) is 14.2 Å². The molecule has 1 atom stereocenters. The molecule has 0 aliphatic carbocycles. The van der Waals surface area contributed by atoms with Crippen molar-refractivity contribution in [1.82, 2.24) is 10.6 Å². The third kappa shape index (κ3) is 6.70. The molecule has 25 heavy (non-hydrogen) atoms. The number of aliphatic carboxylic acids is 1. The number of carbonyl (C=O) groups excluding carboxylic acids is 2. The Morgan fingerprint density at radius 1 is 1.16 bits per heavy atom. The molecule has 1 aromatic rings. The Morgan fingerprint density at radius 3 is 2.44 bits per heavy atom. The predicted molar refractivity (Wildman–Crippen MR) is 90.6 cm³/mol. The minimum atomic E-state index is -1.07. The van der Waals surface area contributed by atoms with Crippen LogP contribution in [0, 0.1) is 0 Å². The van der Waals surface area contributed by atoms with Crippen molar-refractivity contribution in [2.24, 2.45) is 0 Å². The van der Waals surface area contributed by atoms with Crippen LogP contribution in [0.25, 0.3) is 0 Å². The van der Waals surface area contributed by atoms with E-state index >= 15 is 0 Å². The minimum Gasteiger partial charge on any atom is -0.497 e. The summed E-state index contributed by atoms with van der Waals surface area (Å²) in [7, 11) is 2.95. The van der Waals surface area contributed by atoms with Gasteiger partial charge in [-0.1, -0.05) is 6.92 Å². The maximum Gasteiger partial charge on any atom is 0.305 e. The molecule has 0 saturated carbocycles. The van der Waals surface area contributed by atoms with Gasteiger partial charge in [0.05, 0.1) is 33.2 Å². The number of methoxy groups -OCH3 is 2. The normalized spacial score (nSPS) is 11.3. The zero-order chi connectivity index (χ0) is 18.8. The van der Waals surface area contributed by atoms with Gasteiger partial charge in [0.1, 0.15) is 11.5 Å². The average Bonchev–Trinajstić information content (AvgIpc) is 2.58. The number of amides is 2. The van der Waals surface area contributed by atoms with Crippen molar-refractivity contribution in [3.05, 3.63) is 23.8 Å². The second-order valence-electron chi connectivity index (χ2n) is 5.35. The topological polar surface area (TPSA) is 114 Å². The van der Waals surface area contributed by atoms with Crippen molar-refractivity contribution in [1.29, 1.82) is 0 Å². The maximum atomic E-state index is 12.1. The quantitative estimate of drug-likeness (QED) is 0.584. The Balaban J connectivity index is 2.89. The number of hydrogen-bond acceptors (Lipinski definition) is 5. The van der Waals surface area contributed by atoms with Crippen LogP contribution in [0.4, 0.5) is 0 Å². The third-order valence-electron chi connectivity index (χ3n) is 3.45. The third-order valence-corrected chi connectivity index (χ3v) is 3.45. The van der Waals surface area contributed by atoms with Gasteiger partial charge in [0.2, 0.25) is 11.8 Å². The van der Waals surface area contributed by atoms with Crippen molar-refractivity contribution in [3.63, 3.8) is 0 Å². The highest BCUT2D eigenvalue weighted by atomic mass is 16.5. The number of carbonyl (C=O) groups is 3. The molecule has 0 aliphatic rings. The highest BCUT2D eigenvalue weighted by Crippen LogP contribution is 2.31. The highest BCUT2D eigenvalue weighted by Gasteiger charge is 2.22. The standard InChI is InChI=1S/C17H24N2O6/c1-4-5-15(20)18-10-16(21)19-13(9-17(22)23)12-7-6-11(24-2)8-14(12)25-3/h6-8,13H,4-5,9-10H2,1-3H3,(H,18,20)(H,19,21)(H,22,23). The summed E-state index contributed by atoms with van der Waals surface area (Å²) in [5, 5.41) is 14.2. The number of carboxylic acid groups (broad SMARTS) is 1. The number of ether oxygens (including phenoxy) is 2. The van der Waals surface area contributed by atoms with Crippen LogP contribution in [-0.4, -0.2) is 43.7 Å². The van der Waals surface area contributed by atoms with Crippen LogP contribution in [0.2, 0.25) is 0 Å². The molecule has 1 unspecified atom stereocenters. The molecule has 2 amide bonds. The first-order chi connectivity index (χ1) is 11.9. The molecular formula is C17H24N2O6. The molecule has 0 aliphatic heterocycles. The Labute approximate surface area is 146 Å². The van der Waals surface area contributed by atoms with Crippen LogP contribution in [0.15, 0.2) is 18.2 Å². The molecule has 0 heterocycles.